The molecule has 9 nitrogen and oxygen atoms in total. The topological polar surface area (TPSA) is 99.9 Å². The van der Waals surface area contributed by atoms with Gasteiger partial charge in [0.15, 0.2) is 5.82 Å². The number of nitrogens with one attached hydrogen (secondary N) is 2. The molecular weight excluding hydrogens is 374 g/mol. The van der Waals surface area contributed by atoms with Gasteiger partial charge >= 0.3 is 0 Å². The zero-order chi connectivity index (χ0) is 20.6. The minimum absolute atomic E-state index is 0.0940. The van der Waals surface area contributed by atoms with Gasteiger partial charge in [0, 0.05) is 43.5 Å². The Morgan fingerprint density at radius 3 is 2.52 bits per heavy atom. The van der Waals surface area contributed by atoms with Crippen molar-refractivity contribution in [3.05, 3.63) is 36.1 Å². The summed E-state index contributed by atoms with van der Waals surface area (Å²) in [5.74, 6) is 0.714. The number of benzene rings is 1. The summed E-state index contributed by atoms with van der Waals surface area (Å²) < 4.78 is 10.3. The number of ether oxygens (including phenoxy) is 1. The van der Waals surface area contributed by atoms with Crippen LogP contribution in [0.15, 0.2) is 34.9 Å². The van der Waals surface area contributed by atoms with Crippen molar-refractivity contribution in [2.45, 2.75) is 13.3 Å². The van der Waals surface area contributed by atoms with Gasteiger partial charge in [0.2, 0.25) is 11.8 Å². The number of hydrogen-bond donors (Lipinski definition) is 2. The molecule has 2 N–H and O–H groups in total. The normalized spacial score (nSPS) is 14.1. The van der Waals surface area contributed by atoms with Gasteiger partial charge in [-0.2, -0.15) is 0 Å². The van der Waals surface area contributed by atoms with Crippen LogP contribution >= 0.6 is 0 Å². The van der Waals surface area contributed by atoms with Gasteiger partial charge in [-0.1, -0.05) is 5.16 Å². The van der Waals surface area contributed by atoms with E-state index < -0.39 is 0 Å². The molecule has 1 aliphatic rings. The summed E-state index contributed by atoms with van der Waals surface area (Å²) in [6.07, 6.45) is 0.290. The molecule has 2 heterocycles. The Bertz CT molecular complexity index is 815. The third kappa shape index (κ3) is 6.58. The lowest BCUT2D eigenvalue weighted by Crippen LogP contribution is -2.36. The van der Waals surface area contributed by atoms with Gasteiger partial charge in [-0.05, 0) is 38.2 Å². The highest BCUT2D eigenvalue weighted by molar-refractivity contribution is 5.92. The fourth-order valence-corrected chi connectivity index (χ4v) is 3.02. The molecule has 29 heavy (non-hydrogen) atoms. The van der Waals surface area contributed by atoms with Gasteiger partial charge < -0.3 is 24.8 Å². The molecule has 0 atom stereocenters. The maximum atomic E-state index is 12.2. The van der Waals surface area contributed by atoms with Crippen molar-refractivity contribution in [1.29, 1.82) is 0 Å². The molecule has 0 radical (unpaired) electrons. The Balaban J connectivity index is 1.38. The van der Waals surface area contributed by atoms with Crippen LogP contribution in [0.1, 0.15) is 12.2 Å². The summed E-state index contributed by atoms with van der Waals surface area (Å²) in [4.78, 5) is 28.2. The van der Waals surface area contributed by atoms with Gasteiger partial charge in [-0.15, -0.1) is 0 Å². The van der Waals surface area contributed by atoms with Crippen LogP contribution in [-0.4, -0.2) is 68.3 Å². The fraction of sp³-hybridized carbons (Fsp3) is 0.450. The summed E-state index contributed by atoms with van der Waals surface area (Å²) in [6.45, 7) is 5.61. The number of hydrogen-bond acceptors (Lipinski definition) is 7. The summed E-state index contributed by atoms with van der Waals surface area (Å²) >= 11 is 0. The average Bonchev–Trinajstić information content (AvgIpc) is 3.12. The minimum atomic E-state index is -0.208. The van der Waals surface area contributed by atoms with Crippen molar-refractivity contribution in [1.82, 2.24) is 10.1 Å². The van der Waals surface area contributed by atoms with Crippen molar-refractivity contribution in [2.24, 2.45) is 0 Å². The number of likely N-dealkylation sites (N-methyl/N-ethyl adjacent to an activating group) is 1. The zero-order valence-electron chi connectivity index (χ0n) is 16.8. The fourth-order valence-electron chi connectivity index (χ4n) is 3.02. The highest BCUT2D eigenvalue weighted by Gasteiger charge is 2.13. The molecule has 1 fully saturated rings. The molecule has 0 saturated carbocycles. The standard InChI is InChI=1S/C20H27N5O4/c1-15-13-18(23-29-15)22-20(27)14-24(2)8-7-19(26)21-16-3-5-17(6-4-16)25-9-11-28-12-10-25/h3-6,13H,7-12,14H2,1-2H3,(H,21,26)(H,22,23,27). The van der Waals surface area contributed by atoms with E-state index in [-0.39, 0.29) is 24.8 Å². The van der Waals surface area contributed by atoms with Crippen LogP contribution in [0, 0.1) is 6.92 Å². The van der Waals surface area contributed by atoms with Crippen LogP contribution < -0.4 is 15.5 Å². The zero-order valence-corrected chi connectivity index (χ0v) is 16.8. The second-order valence-electron chi connectivity index (χ2n) is 7.05. The lowest BCUT2D eigenvalue weighted by Gasteiger charge is -2.28. The molecule has 1 aromatic heterocycles. The molecule has 0 unspecified atom stereocenters. The van der Waals surface area contributed by atoms with Crippen molar-refractivity contribution in [3.63, 3.8) is 0 Å². The lowest BCUT2D eigenvalue weighted by atomic mass is 10.2. The number of nitrogens with zero attached hydrogens (tertiary/aromatic N) is 3. The first-order chi connectivity index (χ1) is 14.0. The van der Waals surface area contributed by atoms with E-state index in [4.69, 9.17) is 9.26 Å². The number of amides is 2. The van der Waals surface area contributed by atoms with Crippen LogP contribution in [0.25, 0.3) is 0 Å². The van der Waals surface area contributed by atoms with E-state index in [0.29, 0.717) is 18.1 Å². The predicted molar refractivity (Wildman–Crippen MR) is 110 cm³/mol. The molecular formula is C20H27N5O4. The number of anilines is 3. The van der Waals surface area contributed by atoms with Crippen molar-refractivity contribution >= 4 is 29.0 Å². The van der Waals surface area contributed by atoms with Crippen molar-refractivity contribution < 1.29 is 18.8 Å². The van der Waals surface area contributed by atoms with Crippen LogP contribution in [0.2, 0.25) is 0 Å². The Morgan fingerprint density at radius 2 is 1.86 bits per heavy atom. The summed E-state index contributed by atoms with van der Waals surface area (Å²) in [5, 5.41) is 9.27. The van der Waals surface area contributed by atoms with E-state index in [9.17, 15) is 9.59 Å². The predicted octanol–water partition coefficient (Wildman–Crippen LogP) is 1.72. The first kappa shape index (κ1) is 20.8. The SMILES string of the molecule is Cc1cc(NC(=O)CN(C)CCC(=O)Nc2ccc(N3CCOCC3)cc2)no1. The van der Waals surface area contributed by atoms with Crippen molar-refractivity contribution in [3.8, 4) is 0 Å². The van der Waals surface area contributed by atoms with Gasteiger partial charge in [0.05, 0.1) is 19.8 Å². The maximum Gasteiger partial charge on any atom is 0.239 e. The molecule has 0 spiro atoms. The van der Waals surface area contributed by atoms with Crippen LogP contribution in [0.5, 0.6) is 0 Å². The maximum absolute atomic E-state index is 12.2. The highest BCUT2D eigenvalue weighted by atomic mass is 16.5. The third-order valence-corrected chi connectivity index (χ3v) is 4.56. The van der Waals surface area contributed by atoms with Crippen LogP contribution in [0.3, 0.4) is 0 Å². The van der Waals surface area contributed by atoms with Crippen LogP contribution in [-0.2, 0) is 14.3 Å². The van der Waals surface area contributed by atoms with Crippen molar-refractivity contribution in [2.75, 3.05) is 62.0 Å². The Labute approximate surface area is 170 Å². The van der Waals surface area contributed by atoms with Gasteiger partial charge in [0.25, 0.3) is 0 Å². The summed E-state index contributed by atoms with van der Waals surface area (Å²) in [7, 11) is 1.79. The Hall–Kier alpha value is -2.91. The first-order valence-corrected chi connectivity index (χ1v) is 9.64. The molecule has 2 amide bonds. The van der Waals surface area contributed by atoms with Gasteiger partial charge in [-0.25, -0.2) is 0 Å². The number of aromatic nitrogens is 1. The van der Waals surface area contributed by atoms with Gasteiger partial charge in [0.1, 0.15) is 5.76 Å². The molecule has 0 bridgehead atoms. The minimum Gasteiger partial charge on any atom is -0.378 e. The Kier molecular flexibility index (Phi) is 7.20. The van der Waals surface area contributed by atoms with E-state index in [1.54, 1.807) is 24.9 Å². The quantitative estimate of drug-likeness (QED) is 0.695. The Morgan fingerprint density at radius 1 is 1.14 bits per heavy atom. The molecule has 1 saturated heterocycles. The van der Waals surface area contributed by atoms with Crippen LogP contribution in [0.4, 0.5) is 17.2 Å². The molecule has 0 aliphatic carbocycles. The molecule has 1 aliphatic heterocycles. The smallest absolute Gasteiger partial charge is 0.239 e. The molecule has 156 valence electrons. The lowest BCUT2D eigenvalue weighted by molar-refractivity contribution is -0.119. The average molecular weight is 401 g/mol. The second kappa shape index (κ2) is 10.0. The summed E-state index contributed by atoms with van der Waals surface area (Å²) in [5.41, 5.74) is 1.88. The van der Waals surface area contributed by atoms with E-state index in [0.717, 1.165) is 37.7 Å². The monoisotopic (exact) mass is 401 g/mol. The molecule has 1 aromatic carbocycles. The molecule has 2 aromatic rings. The van der Waals surface area contributed by atoms with E-state index in [1.807, 2.05) is 24.3 Å². The summed E-state index contributed by atoms with van der Waals surface area (Å²) in [6, 6.07) is 9.46. The molecule has 3 rings (SSSR count). The second-order valence-corrected chi connectivity index (χ2v) is 7.05. The number of morpholine rings is 1. The number of rotatable bonds is 8. The number of aryl methyl sites for hydroxylation is 1. The first-order valence-electron chi connectivity index (χ1n) is 9.64. The third-order valence-electron chi connectivity index (χ3n) is 4.56. The number of carbonyl (C=O) groups is 2. The van der Waals surface area contributed by atoms with Gasteiger partial charge in [-0.3, -0.25) is 14.5 Å². The largest absolute Gasteiger partial charge is 0.378 e. The highest BCUT2D eigenvalue weighted by Crippen LogP contribution is 2.19. The number of carbonyl (C=O) groups excluding carboxylic acids is 2. The van der Waals surface area contributed by atoms with E-state index >= 15 is 0 Å². The van der Waals surface area contributed by atoms with E-state index in [2.05, 4.69) is 20.7 Å². The molecule has 9 heteroatoms. The van der Waals surface area contributed by atoms with E-state index in [1.165, 1.54) is 0 Å².